The zero-order valence-electron chi connectivity index (χ0n) is 13.2. The van der Waals surface area contributed by atoms with Gasteiger partial charge in [0.05, 0.1) is 26.2 Å². The molecular formula is C13H25N5O4. The van der Waals surface area contributed by atoms with Crippen LogP contribution in [0.4, 0.5) is 0 Å². The van der Waals surface area contributed by atoms with Crippen LogP contribution in [0, 0.1) is 0 Å². The van der Waals surface area contributed by atoms with Crippen molar-refractivity contribution < 1.29 is 19.2 Å². The molecule has 0 aromatic heterocycles. The van der Waals surface area contributed by atoms with Gasteiger partial charge in [0.1, 0.15) is 0 Å². The molecule has 9 nitrogen and oxygen atoms in total. The van der Waals surface area contributed by atoms with Crippen LogP contribution in [0.15, 0.2) is 0 Å². The second kappa shape index (κ2) is 11.5. The van der Waals surface area contributed by atoms with Gasteiger partial charge in [-0.15, -0.1) is 0 Å². The van der Waals surface area contributed by atoms with E-state index in [4.69, 9.17) is 0 Å². The molecule has 0 aromatic rings. The average molecular weight is 315 g/mol. The van der Waals surface area contributed by atoms with E-state index in [0.29, 0.717) is 6.54 Å². The largest absolute Gasteiger partial charge is 0.355 e. The van der Waals surface area contributed by atoms with Crippen molar-refractivity contribution in [3.63, 3.8) is 0 Å². The Labute approximate surface area is 130 Å². The predicted molar refractivity (Wildman–Crippen MR) is 80.9 cm³/mol. The monoisotopic (exact) mass is 315 g/mol. The average Bonchev–Trinajstić information content (AvgIpc) is 2.46. The van der Waals surface area contributed by atoms with Crippen molar-refractivity contribution in [2.75, 3.05) is 32.7 Å². The minimum absolute atomic E-state index is 0.123. The second-order valence-corrected chi connectivity index (χ2v) is 4.82. The summed E-state index contributed by atoms with van der Waals surface area (Å²) in [6.45, 7) is 5.58. The highest BCUT2D eigenvalue weighted by molar-refractivity contribution is 5.90. The van der Waals surface area contributed by atoms with E-state index in [-0.39, 0.29) is 44.0 Å². The molecule has 0 spiro atoms. The van der Waals surface area contributed by atoms with Gasteiger partial charge in [0.15, 0.2) is 0 Å². The number of carbonyl (C=O) groups excluding carboxylic acids is 4. The summed E-state index contributed by atoms with van der Waals surface area (Å²) in [6, 6.07) is 0.174. The van der Waals surface area contributed by atoms with Gasteiger partial charge in [0, 0.05) is 12.6 Å². The molecule has 0 saturated heterocycles. The molecule has 0 unspecified atom stereocenters. The fraction of sp³-hybridized carbons (Fsp3) is 0.692. The van der Waals surface area contributed by atoms with Crippen LogP contribution in [0.3, 0.4) is 0 Å². The van der Waals surface area contributed by atoms with Crippen LogP contribution < -0.4 is 26.6 Å². The van der Waals surface area contributed by atoms with Crippen LogP contribution >= 0.6 is 0 Å². The molecule has 0 fully saturated rings. The van der Waals surface area contributed by atoms with Gasteiger partial charge in [-0.05, 0) is 6.92 Å². The van der Waals surface area contributed by atoms with Crippen LogP contribution in [0.5, 0.6) is 0 Å². The topological polar surface area (TPSA) is 128 Å². The molecule has 4 amide bonds. The van der Waals surface area contributed by atoms with Gasteiger partial charge in [0.2, 0.25) is 23.6 Å². The number of rotatable bonds is 10. The molecule has 0 bridgehead atoms. The minimum Gasteiger partial charge on any atom is -0.355 e. The SMILES string of the molecule is CCNC(=O)CNC(=O)CNC(=O)CNC(=O)CNC(C)C. The van der Waals surface area contributed by atoms with Crippen LogP contribution in [-0.2, 0) is 19.2 Å². The number of nitrogens with one attached hydrogen (secondary N) is 5. The van der Waals surface area contributed by atoms with Gasteiger partial charge in [-0.3, -0.25) is 19.2 Å². The maximum atomic E-state index is 11.4. The number of hydrogen-bond acceptors (Lipinski definition) is 5. The summed E-state index contributed by atoms with van der Waals surface area (Å²) in [5.74, 6) is -1.56. The van der Waals surface area contributed by atoms with Gasteiger partial charge < -0.3 is 26.6 Å². The van der Waals surface area contributed by atoms with E-state index >= 15 is 0 Å². The number of carbonyl (C=O) groups is 4. The highest BCUT2D eigenvalue weighted by Gasteiger charge is 2.08. The lowest BCUT2D eigenvalue weighted by Gasteiger charge is -2.09. The molecule has 0 atom stereocenters. The maximum Gasteiger partial charge on any atom is 0.239 e. The molecule has 0 rings (SSSR count). The van der Waals surface area contributed by atoms with E-state index in [1.807, 2.05) is 13.8 Å². The van der Waals surface area contributed by atoms with E-state index in [0.717, 1.165) is 0 Å². The first kappa shape index (κ1) is 19.8. The van der Waals surface area contributed by atoms with Crippen molar-refractivity contribution in [1.82, 2.24) is 26.6 Å². The molecular weight excluding hydrogens is 290 g/mol. The van der Waals surface area contributed by atoms with E-state index in [1.54, 1.807) is 6.92 Å². The molecule has 0 aliphatic carbocycles. The van der Waals surface area contributed by atoms with Crippen molar-refractivity contribution in [2.24, 2.45) is 0 Å². The third-order valence-electron chi connectivity index (χ3n) is 2.38. The minimum atomic E-state index is -0.481. The predicted octanol–water partition coefficient (Wildman–Crippen LogP) is -2.53. The fourth-order valence-corrected chi connectivity index (χ4v) is 1.28. The lowest BCUT2D eigenvalue weighted by Crippen LogP contribution is -2.45. The summed E-state index contributed by atoms with van der Waals surface area (Å²) < 4.78 is 0. The summed E-state index contributed by atoms with van der Waals surface area (Å²) in [5, 5.41) is 12.6. The zero-order valence-corrected chi connectivity index (χ0v) is 13.2. The summed E-state index contributed by atoms with van der Waals surface area (Å²) in [6.07, 6.45) is 0. The van der Waals surface area contributed by atoms with Crippen molar-refractivity contribution >= 4 is 23.6 Å². The van der Waals surface area contributed by atoms with Crippen LogP contribution in [-0.4, -0.2) is 62.4 Å². The third-order valence-corrected chi connectivity index (χ3v) is 2.38. The Morgan fingerprint density at radius 1 is 0.682 bits per heavy atom. The van der Waals surface area contributed by atoms with Crippen molar-refractivity contribution in [3.05, 3.63) is 0 Å². The van der Waals surface area contributed by atoms with E-state index in [9.17, 15) is 19.2 Å². The quantitative estimate of drug-likeness (QED) is 0.304. The van der Waals surface area contributed by atoms with Gasteiger partial charge >= 0.3 is 0 Å². The molecule has 0 heterocycles. The highest BCUT2D eigenvalue weighted by Crippen LogP contribution is 1.75. The van der Waals surface area contributed by atoms with Crippen LogP contribution in [0.25, 0.3) is 0 Å². The molecule has 0 aliphatic rings. The Bertz CT molecular complexity index is 398. The lowest BCUT2D eigenvalue weighted by molar-refractivity contribution is -0.128. The Morgan fingerprint density at radius 2 is 1.05 bits per heavy atom. The smallest absolute Gasteiger partial charge is 0.239 e. The maximum absolute atomic E-state index is 11.4. The van der Waals surface area contributed by atoms with Crippen molar-refractivity contribution in [1.29, 1.82) is 0 Å². The van der Waals surface area contributed by atoms with Crippen LogP contribution in [0.1, 0.15) is 20.8 Å². The number of likely N-dealkylation sites (N-methyl/N-ethyl adjacent to an activating group) is 1. The first-order valence-electron chi connectivity index (χ1n) is 7.15. The highest BCUT2D eigenvalue weighted by atomic mass is 16.2. The van der Waals surface area contributed by atoms with E-state index in [2.05, 4.69) is 26.6 Å². The zero-order chi connectivity index (χ0) is 17.0. The van der Waals surface area contributed by atoms with Gasteiger partial charge in [0.25, 0.3) is 0 Å². The second-order valence-electron chi connectivity index (χ2n) is 4.82. The van der Waals surface area contributed by atoms with Gasteiger partial charge in [-0.2, -0.15) is 0 Å². The molecule has 22 heavy (non-hydrogen) atoms. The Morgan fingerprint density at radius 3 is 1.41 bits per heavy atom. The molecule has 9 heteroatoms. The van der Waals surface area contributed by atoms with Crippen LogP contribution in [0.2, 0.25) is 0 Å². The lowest BCUT2D eigenvalue weighted by atomic mass is 10.4. The summed E-state index contributed by atoms with van der Waals surface area (Å²) >= 11 is 0. The Hall–Kier alpha value is -2.16. The van der Waals surface area contributed by atoms with Crippen molar-refractivity contribution in [3.8, 4) is 0 Å². The molecule has 126 valence electrons. The van der Waals surface area contributed by atoms with Gasteiger partial charge in [-0.1, -0.05) is 13.8 Å². The summed E-state index contributed by atoms with van der Waals surface area (Å²) in [7, 11) is 0. The van der Waals surface area contributed by atoms with E-state index < -0.39 is 11.8 Å². The molecule has 0 radical (unpaired) electrons. The Balaban J connectivity index is 3.73. The first-order valence-corrected chi connectivity index (χ1v) is 7.15. The van der Waals surface area contributed by atoms with E-state index in [1.165, 1.54) is 0 Å². The molecule has 0 saturated carbocycles. The summed E-state index contributed by atoms with van der Waals surface area (Å²) in [4.78, 5) is 45.3. The molecule has 0 aromatic carbocycles. The summed E-state index contributed by atoms with van der Waals surface area (Å²) in [5.41, 5.74) is 0. The third kappa shape index (κ3) is 11.6. The number of amides is 4. The standard InChI is InChI=1S/C13H25N5O4/c1-4-14-10(19)6-16-12(21)8-18-13(22)7-17-11(20)5-15-9(2)3/h9,15H,4-8H2,1-3H3,(H,14,19)(H,16,21)(H,17,20)(H,18,22). The van der Waals surface area contributed by atoms with Gasteiger partial charge in [-0.25, -0.2) is 0 Å². The Kier molecular flexibility index (Phi) is 10.4. The molecule has 5 N–H and O–H groups in total. The van der Waals surface area contributed by atoms with Crippen molar-refractivity contribution in [2.45, 2.75) is 26.8 Å². The fourth-order valence-electron chi connectivity index (χ4n) is 1.28. The number of hydrogen-bond donors (Lipinski definition) is 5. The normalized spacial score (nSPS) is 10.0. The molecule has 0 aliphatic heterocycles. The first-order chi connectivity index (χ1) is 10.3.